The zero-order valence-electron chi connectivity index (χ0n) is 24.0. The zero-order valence-corrected chi connectivity index (χ0v) is 28.2. The van der Waals surface area contributed by atoms with E-state index in [9.17, 15) is 0 Å². The Kier molecular flexibility index (Phi) is 35.3. The van der Waals surface area contributed by atoms with Crippen molar-refractivity contribution >= 4 is 28.7 Å². The first-order valence-electron chi connectivity index (χ1n) is 15.4. The van der Waals surface area contributed by atoms with Gasteiger partial charge in [-0.1, -0.05) is 0 Å². The summed E-state index contributed by atoms with van der Waals surface area (Å²) in [7, 11) is 0. The van der Waals surface area contributed by atoms with Gasteiger partial charge in [-0.2, -0.15) is 0 Å². The molecule has 2 heteroatoms. The van der Waals surface area contributed by atoms with Crippen molar-refractivity contribution in [2.75, 3.05) is 0 Å². The first-order valence-corrected chi connectivity index (χ1v) is 24.3. The molecule has 0 fully saturated rings. The van der Waals surface area contributed by atoms with Crippen LogP contribution >= 0.6 is 0 Å². The molecule has 0 aliphatic heterocycles. The Balaban J connectivity index is 0. The predicted molar refractivity (Wildman–Crippen MR) is 157 cm³/mol. The van der Waals surface area contributed by atoms with Crippen molar-refractivity contribution in [2.45, 2.75) is 189 Å². The van der Waals surface area contributed by atoms with Crippen molar-refractivity contribution < 1.29 is 0 Å². The summed E-state index contributed by atoms with van der Waals surface area (Å²) in [5, 5.41) is 10.0. The zero-order chi connectivity index (χ0) is 24.1. The molecule has 0 saturated carbocycles. The molecule has 0 heterocycles. The van der Waals surface area contributed by atoms with Gasteiger partial charge in [0, 0.05) is 0 Å². The summed E-state index contributed by atoms with van der Waals surface area (Å²) in [5.74, 6) is 0. The average molecular weight is 572 g/mol. The van der Waals surface area contributed by atoms with E-state index in [2.05, 4.69) is 41.5 Å². The second kappa shape index (κ2) is 32.1. The van der Waals surface area contributed by atoms with Crippen molar-refractivity contribution in [3.8, 4) is 0 Å². The topological polar surface area (TPSA) is 0 Å². The van der Waals surface area contributed by atoms with Crippen LogP contribution in [0.25, 0.3) is 0 Å². The molecule has 0 aliphatic carbocycles. The van der Waals surface area contributed by atoms with E-state index in [-0.39, 0.29) is 0 Å². The Hall–Kier alpha value is 1.09. The monoisotopic (exact) mass is 574 g/mol. The predicted octanol–water partition coefficient (Wildman–Crippen LogP) is 12.1. The average Bonchev–Trinajstić information content (AvgIpc) is 2.80. The van der Waals surface area contributed by atoms with Gasteiger partial charge in [0.1, 0.15) is 0 Å². The molecule has 0 rings (SSSR count). The third kappa shape index (κ3) is 29.1. The molecule has 0 nitrogen and oxygen atoms in total. The summed E-state index contributed by atoms with van der Waals surface area (Å²) in [6.07, 6.45) is 26.6. The van der Waals surface area contributed by atoms with E-state index in [4.69, 9.17) is 0 Å². The second-order valence-electron chi connectivity index (χ2n) is 10.2. The van der Waals surface area contributed by atoms with Gasteiger partial charge in [-0.25, -0.2) is 0 Å². The number of hydrogen-bond donors (Lipinski definition) is 0. The van der Waals surface area contributed by atoms with Crippen LogP contribution in [0.15, 0.2) is 0 Å². The molecule has 0 saturated heterocycles. The van der Waals surface area contributed by atoms with E-state index < -0.39 is 28.7 Å². The molecular formula is C30H66Ge2. The fraction of sp³-hybridized carbons (Fsp3) is 1.00. The molecule has 0 bridgehead atoms. The van der Waals surface area contributed by atoms with E-state index in [1.807, 2.05) is 0 Å². The molecular weight excluding hydrogens is 506 g/mol. The molecule has 0 N–H and O–H groups in total. The second-order valence-corrected chi connectivity index (χ2v) is 22.8. The van der Waals surface area contributed by atoms with Crippen LogP contribution in [0.4, 0.5) is 0 Å². The summed E-state index contributed by atoms with van der Waals surface area (Å²) < 4.78 is 0. The molecule has 2 radical (unpaired) electrons. The van der Waals surface area contributed by atoms with Gasteiger partial charge in [0.15, 0.2) is 0 Å². The van der Waals surface area contributed by atoms with Gasteiger partial charge in [-0.05, 0) is 0 Å². The van der Waals surface area contributed by atoms with Gasteiger partial charge in [-0.15, -0.1) is 0 Å². The van der Waals surface area contributed by atoms with Crippen LogP contribution in [0.5, 0.6) is 0 Å². The maximum atomic E-state index is 2.33. The molecule has 0 unspecified atom stereocenters. The van der Waals surface area contributed by atoms with Crippen molar-refractivity contribution in [2.24, 2.45) is 0 Å². The van der Waals surface area contributed by atoms with Crippen molar-refractivity contribution in [3.05, 3.63) is 0 Å². The van der Waals surface area contributed by atoms with Crippen LogP contribution in [0.2, 0.25) is 31.5 Å². The molecule has 0 aromatic heterocycles. The van der Waals surface area contributed by atoms with Gasteiger partial charge < -0.3 is 0 Å². The summed E-state index contributed by atoms with van der Waals surface area (Å²) in [5.41, 5.74) is 0. The molecule has 32 heavy (non-hydrogen) atoms. The van der Waals surface area contributed by atoms with Gasteiger partial charge in [-0.3, -0.25) is 0 Å². The molecule has 194 valence electrons. The molecule has 0 spiro atoms. The van der Waals surface area contributed by atoms with Gasteiger partial charge in [0.05, 0.1) is 0 Å². The SMILES string of the molecule is CCCC[CH2][Ge]([CH2]CCCC)[CH2]CCCC.CCCC[CH2][Ge]([CH2]CCCC)[CH2]CCCC. The fourth-order valence-electron chi connectivity index (χ4n) is 4.50. The Labute approximate surface area is 216 Å². The van der Waals surface area contributed by atoms with Crippen LogP contribution in [-0.2, 0) is 0 Å². The summed E-state index contributed by atoms with van der Waals surface area (Å²) >= 11 is -1.21. The van der Waals surface area contributed by atoms with E-state index in [0.717, 1.165) is 0 Å². The minimum atomic E-state index is -0.603. The van der Waals surface area contributed by atoms with Gasteiger partial charge in [0.2, 0.25) is 0 Å². The fourth-order valence-corrected chi connectivity index (χ4v) is 17.1. The van der Waals surface area contributed by atoms with Crippen LogP contribution in [0.1, 0.15) is 157 Å². The Morgan fingerprint density at radius 1 is 0.250 bits per heavy atom. The summed E-state index contributed by atoms with van der Waals surface area (Å²) in [6.45, 7) is 14.0. The third-order valence-electron chi connectivity index (χ3n) is 6.80. The van der Waals surface area contributed by atoms with Crippen LogP contribution < -0.4 is 0 Å². The number of rotatable bonds is 24. The minimum absolute atomic E-state index is 0.603. The van der Waals surface area contributed by atoms with Crippen molar-refractivity contribution in [1.82, 2.24) is 0 Å². The summed E-state index contributed by atoms with van der Waals surface area (Å²) in [4.78, 5) is 0. The van der Waals surface area contributed by atoms with Crippen LogP contribution in [0.3, 0.4) is 0 Å². The molecule has 0 aromatic carbocycles. The molecule has 0 aliphatic rings. The number of hydrogen-bond acceptors (Lipinski definition) is 0. The van der Waals surface area contributed by atoms with E-state index in [0.29, 0.717) is 0 Å². The van der Waals surface area contributed by atoms with Gasteiger partial charge >= 0.3 is 217 Å². The molecule has 0 amide bonds. The third-order valence-corrected chi connectivity index (χ3v) is 20.2. The van der Waals surface area contributed by atoms with E-state index in [1.165, 1.54) is 77.0 Å². The van der Waals surface area contributed by atoms with E-state index >= 15 is 0 Å². The maximum absolute atomic E-state index is 2.33. The van der Waals surface area contributed by atoms with Crippen LogP contribution in [-0.4, -0.2) is 28.7 Å². The first-order chi connectivity index (χ1) is 15.7. The normalized spacial score (nSPS) is 11.2. The Bertz CT molecular complexity index is 228. The number of unbranched alkanes of at least 4 members (excludes halogenated alkanes) is 12. The standard InChI is InChI=1S/2C15H33Ge/c2*1-4-7-10-13-16(14-11-8-5-2)15-12-9-6-3/h2*4-15H2,1-3H3. The Morgan fingerprint density at radius 3 is 0.531 bits per heavy atom. The first kappa shape index (κ1) is 35.2. The molecule has 0 atom stereocenters. The van der Waals surface area contributed by atoms with Crippen molar-refractivity contribution in [3.63, 3.8) is 0 Å². The molecule has 0 aromatic rings. The summed E-state index contributed by atoms with van der Waals surface area (Å²) in [6, 6.07) is 0. The van der Waals surface area contributed by atoms with E-state index in [1.54, 1.807) is 70.0 Å². The Morgan fingerprint density at radius 2 is 0.406 bits per heavy atom. The van der Waals surface area contributed by atoms with Crippen LogP contribution in [0, 0.1) is 0 Å². The quantitative estimate of drug-likeness (QED) is 0.0798. The van der Waals surface area contributed by atoms with Gasteiger partial charge in [0.25, 0.3) is 0 Å². The van der Waals surface area contributed by atoms with Crippen molar-refractivity contribution in [1.29, 1.82) is 0 Å².